The molecule has 1 aliphatic rings. The molecule has 0 saturated carbocycles. The van der Waals surface area contributed by atoms with Gasteiger partial charge in [0, 0.05) is 46.4 Å². The van der Waals surface area contributed by atoms with E-state index in [0.29, 0.717) is 11.1 Å². The predicted molar refractivity (Wildman–Crippen MR) is 305 cm³/mol. The van der Waals surface area contributed by atoms with Crippen LogP contribution in [0.25, 0.3) is 0 Å². The molecular weight excluding hydrogens is 1000 g/mol. The first kappa shape index (κ1) is 66.7. The molecule has 0 spiro atoms. The number of likely N-dealkylation sites (N-methyl/N-ethyl adjacent to an activating group) is 4. The van der Waals surface area contributed by atoms with Gasteiger partial charge in [-0.25, -0.2) is 19.2 Å². The molecule has 4 rings (SSSR count). The lowest BCUT2D eigenvalue weighted by Crippen LogP contribution is -2.55. The van der Waals surface area contributed by atoms with E-state index in [1.807, 2.05) is 112 Å². The molecule has 3 aromatic carbocycles. The van der Waals surface area contributed by atoms with Crippen molar-refractivity contribution in [1.29, 1.82) is 0 Å². The average molecular weight is 1100 g/mol. The summed E-state index contributed by atoms with van der Waals surface area (Å²) in [5.74, 6) is -7.24. The second kappa shape index (κ2) is 30.7. The monoisotopic (exact) mass is 1100 g/mol. The molecule has 1 heterocycles. The van der Waals surface area contributed by atoms with E-state index in [9.17, 15) is 33.6 Å². The third-order valence-electron chi connectivity index (χ3n) is 14.3. The molecule has 0 aromatic heterocycles. The van der Waals surface area contributed by atoms with Crippen molar-refractivity contribution in [3.63, 3.8) is 0 Å². The molecule has 16 heteroatoms. The Labute approximate surface area is 471 Å². The van der Waals surface area contributed by atoms with E-state index >= 15 is 4.79 Å². The molecule has 79 heavy (non-hydrogen) atoms. The first-order chi connectivity index (χ1) is 37.0. The molecule has 1 saturated heterocycles. The Morgan fingerprint density at radius 1 is 0.392 bits per heavy atom. The maximum Gasteiger partial charge on any atom is 0.329 e. The smallest absolute Gasteiger partial charge is 0.329 e. The van der Waals surface area contributed by atoms with E-state index < -0.39 is 96.1 Å². The van der Waals surface area contributed by atoms with Gasteiger partial charge in [0.05, 0.1) is 0 Å². The van der Waals surface area contributed by atoms with E-state index in [0.717, 1.165) is 25.8 Å². The van der Waals surface area contributed by atoms with Crippen molar-refractivity contribution in [1.82, 2.24) is 19.6 Å². The molecule has 1 fully saturated rings. The third kappa shape index (κ3) is 18.8. The Balaban J connectivity index is 0.00000810. The lowest BCUT2D eigenvalue weighted by Gasteiger charge is -2.35. The van der Waals surface area contributed by atoms with Gasteiger partial charge in [0.1, 0.15) is 24.2 Å². The number of ether oxygens (including phenoxy) is 4. The molecule has 16 nitrogen and oxygen atoms in total. The normalized spacial score (nSPS) is 23.3. The van der Waals surface area contributed by atoms with Crippen molar-refractivity contribution in [2.75, 3.05) is 28.2 Å². The van der Waals surface area contributed by atoms with Crippen LogP contribution in [-0.2, 0) is 75.6 Å². The molecule has 0 radical (unpaired) electrons. The fraction of sp³-hybridized carbons (Fsp3) is 0.587. The van der Waals surface area contributed by atoms with Crippen molar-refractivity contribution in [3.8, 4) is 0 Å². The number of benzene rings is 3. The van der Waals surface area contributed by atoms with Gasteiger partial charge in [-0.15, -0.1) is 0 Å². The van der Waals surface area contributed by atoms with Gasteiger partial charge in [-0.2, -0.15) is 0 Å². The highest BCUT2D eigenvalue weighted by Gasteiger charge is 2.43. The Bertz CT molecular complexity index is 2460. The number of carbonyl (C=O) groups is 8. The van der Waals surface area contributed by atoms with Gasteiger partial charge in [-0.05, 0) is 85.5 Å². The van der Waals surface area contributed by atoms with Crippen molar-refractivity contribution >= 4 is 47.5 Å². The van der Waals surface area contributed by atoms with Crippen LogP contribution >= 0.6 is 0 Å². The summed E-state index contributed by atoms with van der Waals surface area (Å²) in [4.78, 5) is 121. The fourth-order valence-corrected chi connectivity index (χ4v) is 9.60. The number of rotatable bonds is 14. The van der Waals surface area contributed by atoms with E-state index in [2.05, 4.69) is 26.0 Å². The molecule has 1 aliphatic heterocycles. The van der Waals surface area contributed by atoms with E-state index in [4.69, 9.17) is 18.9 Å². The molecular formula is C63H92N4O12. The van der Waals surface area contributed by atoms with Crippen LogP contribution in [0, 0.1) is 23.7 Å². The molecule has 436 valence electrons. The SMILES string of the molecule is CC.CC(C)C[C@H]1C(=O)O[C@H](Cc2ccc(C(C)(C)c3ccccc3)cc2)C(=O)N(C)[C@@H](CC(C)C)C(=O)O[C@H](C)C(=O)N(C)[C@@H](CC(C)C)C(=O)O[C@H](Cc2ccccc2)C(=O)N(C)[C@@H](CC(C)C)C(=O)O[C@H](C)C(=O)N1C. The van der Waals surface area contributed by atoms with Crippen molar-refractivity contribution in [3.05, 3.63) is 107 Å². The van der Waals surface area contributed by atoms with Crippen LogP contribution in [0.1, 0.15) is 145 Å². The Hall–Kier alpha value is -6.58. The summed E-state index contributed by atoms with van der Waals surface area (Å²) in [6.07, 6.45) is -5.74. The fourth-order valence-electron chi connectivity index (χ4n) is 9.60. The number of esters is 4. The second-order valence-corrected chi connectivity index (χ2v) is 23.0. The molecule has 0 bridgehead atoms. The Morgan fingerprint density at radius 2 is 0.658 bits per heavy atom. The summed E-state index contributed by atoms with van der Waals surface area (Å²) >= 11 is 0. The van der Waals surface area contributed by atoms with Gasteiger partial charge in [-0.3, -0.25) is 19.2 Å². The minimum absolute atomic E-state index is 0.0873. The summed E-state index contributed by atoms with van der Waals surface area (Å²) in [6, 6.07) is 21.5. The molecule has 0 aliphatic carbocycles. The zero-order valence-electron chi connectivity index (χ0n) is 50.4. The van der Waals surface area contributed by atoms with E-state index in [1.54, 1.807) is 30.3 Å². The van der Waals surface area contributed by atoms with Crippen molar-refractivity contribution < 1.29 is 57.3 Å². The number of carbonyl (C=O) groups excluding carboxylic acids is 8. The highest BCUT2D eigenvalue weighted by molar-refractivity contribution is 5.94. The van der Waals surface area contributed by atoms with Crippen LogP contribution in [0.5, 0.6) is 0 Å². The largest absolute Gasteiger partial charge is 0.451 e. The minimum Gasteiger partial charge on any atom is -0.451 e. The van der Waals surface area contributed by atoms with Crippen molar-refractivity contribution in [2.45, 2.75) is 189 Å². The van der Waals surface area contributed by atoms with Crippen molar-refractivity contribution in [2.24, 2.45) is 23.7 Å². The number of cyclic esters (lactones) is 4. The highest BCUT2D eigenvalue weighted by atomic mass is 16.6. The summed E-state index contributed by atoms with van der Waals surface area (Å²) in [7, 11) is 5.60. The maximum absolute atomic E-state index is 15.0. The Kier molecular flexibility index (Phi) is 25.9. The highest BCUT2D eigenvalue weighted by Crippen LogP contribution is 2.32. The van der Waals surface area contributed by atoms with Gasteiger partial charge in [0.2, 0.25) is 0 Å². The standard InChI is InChI=1S/C61H86N4O12.C2H6/c1-37(2)31-47-57(70)74-42(10)54(67)63(14)50(34-40(7)8)60(73)77-52(36-44-27-29-46(30-28-44)61(11,12)45-25-21-18-22-26-45)56(69)65(16)48(32-38(3)4)58(71)75-41(9)53(66)62(13)49(33-39(5)6)59(72)76-51(55(68)64(47)15)35-43-23-19-17-20-24-43;1-2/h17-30,37-42,47-52H,31-36H2,1-16H3;1-2H3/t41-,42-,47+,48+,49+,50+,51-,52-;/m1./s1. The zero-order valence-corrected chi connectivity index (χ0v) is 50.4. The zero-order chi connectivity index (χ0) is 59.6. The number of hydrogen-bond donors (Lipinski definition) is 0. The van der Waals surface area contributed by atoms with Gasteiger partial charge in [0.25, 0.3) is 23.6 Å². The average Bonchev–Trinajstić information content (AvgIpc) is 3.41. The number of nitrogens with zero attached hydrogens (tertiary/aromatic N) is 4. The lowest BCUT2D eigenvalue weighted by atomic mass is 9.78. The van der Waals surface area contributed by atoms with Crippen LogP contribution in [0.3, 0.4) is 0 Å². The first-order valence-corrected chi connectivity index (χ1v) is 28.1. The summed E-state index contributed by atoms with van der Waals surface area (Å²) < 4.78 is 24.1. The van der Waals surface area contributed by atoms with Crippen LogP contribution in [0.15, 0.2) is 84.9 Å². The predicted octanol–water partition coefficient (Wildman–Crippen LogP) is 9.02. The summed E-state index contributed by atoms with van der Waals surface area (Å²) in [6.45, 7) is 25.8. The second-order valence-electron chi connectivity index (χ2n) is 23.0. The molecule has 4 amide bonds. The first-order valence-electron chi connectivity index (χ1n) is 28.1. The topological polar surface area (TPSA) is 186 Å². The van der Waals surface area contributed by atoms with Crippen LogP contribution in [-0.4, -0.2) is 144 Å². The Morgan fingerprint density at radius 3 is 0.975 bits per heavy atom. The quantitative estimate of drug-likeness (QED) is 0.110. The molecule has 8 atom stereocenters. The summed E-state index contributed by atoms with van der Waals surface area (Å²) in [5.41, 5.74) is 3.00. The summed E-state index contributed by atoms with van der Waals surface area (Å²) in [5, 5.41) is 0. The maximum atomic E-state index is 15.0. The lowest BCUT2D eigenvalue weighted by molar-refractivity contribution is -0.176. The van der Waals surface area contributed by atoms with Gasteiger partial charge >= 0.3 is 23.9 Å². The van der Waals surface area contributed by atoms with Gasteiger partial charge < -0.3 is 38.5 Å². The van der Waals surface area contributed by atoms with Gasteiger partial charge in [0.15, 0.2) is 24.4 Å². The van der Waals surface area contributed by atoms with Crippen LogP contribution in [0.4, 0.5) is 0 Å². The number of amides is 4. The van der Waals surface area contributed by atoms with Gasteiger partial charge in [-0.1, -0.05) is 168 Å². The minimum atomic E-state index is -1.52. The van der Waals surface area contributed by atoms with Crippen LogP contribution in [0.2, 0.25) is 0 Å². The number of hydrogen-bond acceptors (Lipinski definition) is 12. The molecule has 0 N–H and O–H groups in total. The molecule has 0 unspecified atom stereocenters. The third-order valence-corrected chi connectivity index (χ3v) is 14.3. The van der Waals surface area contributed by atoms with E-state index in [-0.39, 0.29) is 67.6 Å². The van der Waals surface area contributed by atoms with E-state index in [1.165, 1.54) is 46.9 Å². The van der Waals surface area contributed by atoms with Crippen LogP contribution < -0.4 is 0 Å². The molecule has 3 aromatic rings.